The lowest BCUT2D eigenvalue weighted by Gasteiger charge is -2.32. The topological polar surface area (TPSA) is 78.9 Å². The minimum atomic E-state index is -0.368. The molecule has 6 heteroatoms. The van der Waals surface area contributed by atoms with E-state index in [9.17, 15) is 14.7 Å². The van der Waals surface area contributed by atoms with Crippen molar-refractivity contribution in [2.24, 2.45) is 0 Å². The quantitative estimate of drug-likeness (QED) is 0.794. The van der Waals surface area contributed by atoms with Crippen LogP contribution in [0.2, 0.25) is 0 Å². The van der Waals surface area contributed by atoms with Gasteiger partial charge < -0.3 is 15.2 Å². The maximum Gasteiger partial charge on any atom is 0.410 e. The van der Waals surface area contributed by atoms with Gasteiger partial charge >= 0.3 is 6.09 Å². The average Bonchev–Trinajstić information content (AvgIpc) is 3.23. The summed E-state index contributed by atoms with van der Waals surface area (Å²) in [4.78, 5) is 26.4. The fourth-order valence-electron chi connectivity index (χ4n) is 4.00. The summed E-state index contributed by atoms with van der Waals surface area (Å²) in [5.41, 5.74) is 0.637. The number of hydrogen-bond donors (Lipinski definition) is 2. The second kappa shape index (κ2) is 7.87. The minimum Gasteiger partial charge on any atom is -0.448 e. The number of nitrogens with zero attached hydrogens (tertiary/aromatic N) is 1. The Morgan fingerprint density at radius 2 is 2.00 bits per heavy atom. The highest BCUT2D eigenvalue weighted by Gasteiger charge is 2.37. The summed E-state index contributed by atoms with van der Waals surface area (Å²) in [6.45, 7) is 0.923. The van der Waals surface area contributed by atoms with Gasteiger partial charge in [-0.15, -0.1) is 0 Å². The zero-order chi connectivity index (χ0) is 17.7. The Morgan fingerprint density at radius 1 is 1.28 bits per heavy atom. The number of aliphatic hydroxyl groups is 1. The zero-order valence-corrected chi connectivity index (χ0v) is 14.4. The molecule has 6 nitrogen and oxygen atoms in total. The minimum absolute atomic E-state index is 0.0703. The monoisotopic (exact) mass is 346 g/mol. The van der Waals surface area contributed by atoms with Gasteiger partial charge in [-0.05, 0) is 24.8 Å². The molecule has 2 fully saturated rings. The first-order valence-electron chi connectivity index (χ1n) is 9.04. The van der Waals surface area contributed by atoms with Crippen molar-refractivity contribution in [3.63, 3.8) is 0 Å². The van der Waals surface area contributed by atoms with Gasteiger partial charge in [0.2, 0.25) is 5.91 Å². The molecule has 1 unspecified atom stereocenters. The molecule has 0 spiro atoms. The van der Waals surface area contributed by atoms with E-state index in [0.29, 0.717) is 19.6 Å². The number of aliphatic hydroxyl groups excluding tert-OH is 1. The first-order chi connectivity index (χ1) is 12.1. The van der Waals surface area contributed by atoms with E-state index in [-0.39, 0.29) is 36.6 Å². The summed E-state index contributed by atoms with van der Waals surface area (Å²) >= 11 is 0. The number of carbonyl (C=O) groups is 2. The van der Waals surface area contributed by atoms with Crippen molar-refractivity contribution in [3.8, 4) is 0 Å². The summed E-state index contributed by atoms with van der Waals surface area (Å²) < 4.78 is 5.06. The van der Waals surface area contributed by atoms with Crippen molar-refractivity contribution in [2.75, 3.05) is 19.8 Å². The van der Waals surface area contributed by atoms with Crippen molar-refractivity contribution in [1.82, 2.24) is 10.2 Å². The summed E-state index contributed by atoms with van der Waals surface area (Å²) in [6, 6.07) is 9.27. The molecule has 0 aromatic heterocycles. The predicted molar refractivity (Wildman–Crippen MR) is 92.9 cm³/mol. The molecule has 1 aromatic rings. The normalized spacial score (nSPS) is 20.4. The molecule has 0 bridgehead atoms. The smallest absolute Gasteiger partial charge is 0.410 e. The fraction of sp³-hybridized carbons (Fsp3) is 0.579. The van der Waals surface area contributed by atoms with Gasteiger partial charge in [0.1, 0.15) is 6.61 Å². The molecule has 1 heterocycles. The summed E-state index contributed by atoms with van der Waals surface area (Å²) in [7, 11) is 0. The molecule has 25 heavy (non-hydrogen) atoms. The van der Waals surface area contributed by atoms with Gasteiger partial charge in [-0.2, -0.15) is 0 Å². The standard InChI is InChI=1S/C19H26N2O4/c22-12-10-19(8-4-5-9-19)20-17(23)14-16(15-6-2-1-3-7-15)21-11-13-25-18(21)24/h1-3,6-7,16,22H,4-5,8-14H2,(H,20,23). The average molecular weight is 346 g/mol. The second-order valence-electron chi connectivity index (χ2n) is 6.95. The van der Waals surface area contributed by atoms with Crippen molar-refractivity contribution in [3.05, 3.63) is 35.9 Å². The summed E-state index contributed by atoms with van der Waals surface area (Å²) in [5.74, 6) is -0.0797. The first-order valence-corrected chi connectivity index (χ1v) is 9.04. The van der Waals surface area contributed by atoms with Crippen molar-refractivity contribution in [1.29, 1.82) is 0 Å². The predicted octanol–water partition coefficient (Wildman–Crippen LogP) is 2.38. The summed E-state index contributed by atoms with van der Waals surface area (Å²) in [5, 5.41) is 12.5. The van der Waals surface area contributed by atoms with Gasteiger partial charge in [-0.3, -0.25) is 9.69 Å². The van der Waals surface area contributed by atoms with Crippen LogP contribution in [0, 0.1) is 0 Å². The van der Waals surface area contributed by atoms with Crippen LogP contribution in [-0.2, 0) is 9.53 Å². The number of rotatable bonds is 7. The van der Waals surface area contributed by atoms with E-state index in [1.165, 1.54) is 0 Å². The van der Waals surface area contributed by atoms with Crippen LogP contribution in [0.1, 0.15) is 50.1 Å². The number of nitrogens with one attached hydrogen (secondary N) is 1. The lowest BCUT2D eigenvalue weighted by atomic mass is 9.92. The van der Waals surface area contributed by atoms with Crippen LogP contribution < -0.4 is 5.32 Å². The van der Waals surface area contributed by atoms with E-state index >= 15 is 0 Å². The molecule has 1 aliphatic heterocycles. The lowest BCUT2D eigenvalue weighted by Crippen LogP contribution is -2.48. The fourth-order valence-corrected chi connectivity index (χ4v) is 4.00. The third-order valence-electron chi connectivity index (χ3n) is 5.29. The summed E-state index contributed by atoms with van der Waals surface area (Å²) in [6.07, 6.45) is 4.36. The lowest BCUT2D eigenvalue weighted by molar-refractivity contribution is -0.124. The Morgan fingerprint density at radius 3 is 2.60 bits per heavy atom. The number of carbonyl (C=O) groups excluding carboxylic acids is 2. The maximum absolute atomic E-state index is 12.8. The molecule has 0 radical (unpaired) electrons. The third-order valence-corrected chi connectivity index (χ3v) is 5.29. The van der Waals surface area contributed by atoms with Crippen LogP contribution in [0.4, 0.5) is 4.79 Å². The van der Waals surface area contributed by atoms with Gasteiger partial charge in [-0.1, -0.05) is 43.2 Å². The molecule has 1 atom stereocenters. The van der Waals surface area contributed by atoms with Gasteiger partial charge in [0.25, 0.3) is 0 Å². The highest BCUT2D eigenvalue weighted by Crippen LogP contribution is 2.33. The van der Waals surface area contributed by atoms with E-state index in [4.69, 9.17) is 4.74 Å². The molecule has 1 saturated carbocycles. The van der Waals surface area contributed by atoms with Gasteiger partial charge in [-0.25, -0.2) is 4.79 Å². The molecule has 1 saturated heterocycles. The highest BCUT2D eigenvalue weighted by atomic mass is 16.6. The zero-order valence-electron chi connectivity index (χ0n) is 14.4. The van der Waals surface area contributed by atoms with E-state index < -0.39 is 0 Å². The first kappa shape index (κ1) is 17.7. The van der Waals surface area contributed by atoms with Crippen molar-refractivity contribution >= 4 is 12.0 Å². The number of amides is 2. The number of ether oxygens (including phenoxy) is 1. The van der Waals surface area contributed by atoms with Crippen LogP contribution in [-0.4, -0.2) is 47.3 Å². The van der Waals surface area contributed by atoms with E-state index in [1.807, 2.05) is 30.3 Å². The third kappa shape index (κ3) is 4.12. The Hall–Kier alpha value is -2.08. The molecule has 1 aromatic carbocycles. The second-order valence-corrected chi connectivity index (χ2v) is 6.95. The van der Waals surface area contributed by atoms with Crippen LogP contribution in [0.15, 0.2) is 30.3 Å². The Bertz CT molecular complexity index is 599. The molecule has 3 rings (SSSR count). The molecule has 2 aliphatic rings. The van der Waals surface area contributed by atoms with Gasteiger partial charge in [0, 0.05) is 12.1 Å². The van der Waals surface area contributed by atoms with Crippen LogP contribution in [0.5, 0.6) is 0 Å². The van der Waals surface area contributed by atoms with Gasteiger partial charge in [0.05, 0.1) is 19.0 Å². The molecule has 2 amide bonds. The van der Waals surface area contributed by atoms with E-state index in [1.54, 1.807) is 4.90 Å². The number of cyclic esters (lactones) is 1. The van der Waals surface area contributed by atoms with Gasteiger partial charge in [0.15, 0.2) is 0 Å². The molecule has 136 valence electrons. The van der Waals surface area contributed by atoms with E-state index in [0.717, 1.165) is 31.2 Å². The molecular formula is C19H26N2O4. The maximum atomic E-state index is 12.8. The number of hydrogen-bond acceptors (Lipinski definition) is 4. The van der Waals surface area contributed by atoms with Crippen LogP contribution >= 0.6 is 0 Å². The molecule has 2 N–H and O–H groups in total. The van der Waals surface area contributed by atoms with Crippen LogP contribution in [0.25, 0.3) is 0 Å². The number of benzene rings is 1. The Kier molecular flexibility index (Phi) is 5.58. The Balaban J connectivity index is 1.73. The van der Waals surface area contributed by atoms with Crippen molar-refractivity contribution in [2.45, 2.75) is 50.1 Å². The molecule has 1 aliphatic carbocycles. The van der Waals surface area contributed by atoms with E-state index in [2.05, 4.69) is 5.32 Å². The van der Waals surface area contributed by atoms with Crippen molar-refractivity contribution < 1.29 is 19.4 Å². The largest absolute Gasteiger partial charge is 0.448 e. The SMILES string of the molecule is O=C(CC(c1ccccc1)N1CCOC1=O)NC1(CCO)CCCC1. The Labute approximate surface area is 148 Å². The van der Waals surface area contributed by atoms with Crippen LogP contribution in [0.3, 0.4) is 0 Å². The highest BCUT2D eigenvalue weighted by molar-refractivity contribution is 5.79. The molecular weight excluding hydrogens is 320 g/mol.